The van der Waals surface area contributed by atoms with Gasteiger partial charge in [0.2, 0.25) is 5.79 Å². The summed E-state index contributed by atoms with van der Waals surface area (Å²) in [5.41, 5.74) is 3.99. The third kappa shape index (κ3) is 9.34. The quantitative estimate of drug-likeness (QED) is 0.0405. The molecule has 14 heteroatoms. The van der Waals surface area contributed by atoms with Crippen LogP contribution in [0.25, 0.3) is 6.08 Å². The average Bonchev–Trinajstić information content (AvgIpc) is 0.818. The molecule has 2 aromatic carbocycles. The molecule has 8 N–H and O–H groups in total. The Kier molecular flexibility index (Phi) is 15.3. The van der Waals surface area contributed by atoms with Crippen LogP contribution in [-0.4, -0.2) is 123 Å². The minimum absolute atomic E-state index is 0.00212. The van der Waals surface area contributed by atoms with Crippen molar-refractivity contribution in [1.82, 2.24) is 5.32 Å². The molecule has 442 valence electrons. The molecule has 1 saturated heterocycles. The van der Waals surface area contributed by atoms with Crippen molar-refractivity contribution in [1.29, 1.82) is 0 Å². The van der Waals surface area contributed by atoms with Gasteiger partial charge in [-0.25, -0.2) is 4.79 Å². The van der Waals surface area contributed by atoms with Crippen molar-refractivity contribution in [3.8, 4) is 11.5 Å². The van der Waals surface area contributed by atoms with Crippen molar-refractivity contribution >= 4 is 18.0 Å². The van der Waals surface area contributed by atoms with Gasteiger partial charge in [0.1, 0.15) is 12.2 Å². The van der Waals surface area contributed by atoms with Crippen molar-refractivity contribution < 1.29 is 64.3 Å². The predicted molar refractivity (Wildman–Crippen MR) is 308 cm³/mol. The summed E-state index contributed by atoms with van der Waals surface area (Å²) in [6.45, 7) is 10.8. The van der Waals surface area contributed by atoms with E-state index in [1.165, 1.54) is 24.8 Å². The predicted octanol–water partition coefficient (Wildman–Crippen LogP) is 7.82. The molecule has 10 aliphatic carbocycles. The van der Waals surface area contributed by atoms with Crippen LogP contribution in [0.4, 0.5) is 0 Å². The highest BCUT2D eigenvalue weighted by Gasteiger charge is 2.75. The Balaban J connectivity index is 0.888. The van der Waals surface area contributed by atoms with Gasteiger partial charge in [-0.1, -0.05) is 106 Å². The number of aliphatic hydroxyl groups is 6. The van der Waals surface area contributed by atoms with Crippen LogP contribution in [0.15, 0.2) is 102 Å². The second-order valence-electron chi connectivity index (χ2n) is 27.3. The number of methoxy groups -OCH3 is 1. The molecule has 22 atom stereocenters. The summed E-state index contributed by atoms with van der Waals surface area (Å²) in [4.78, 5) is 30.5. The molecular formula is C68H87NO13. The molecule has 2 aromatic rings. The molecular weight excluding hydrogens is 1040 g/mol. The number of aliphatic hydroxyl groups excluding tert-OH is 5. The number of hydrogen-bond acceptors (Lipinski definition) is 14. The normalized spacial score (nSPS) is 41.8. The zero-order valence-corrected chi connectivity index (χ0v) is 48.5. The van der Waals surface area contributed by atoms with E-state index in [0.29, 0.717) is 54.9 Å². The van der Waals surface area contributed by atoms with Crippen molar-refractivity contribution in [3.63, 3.8) is 0 Å². The van der Waals surface area contributed by atoms with E-state index in [2.05, 4.69) is 75.5 Å². The van der Waals surface area contributed by atoms with Crippen LogP contribution in [0.1, 0.15) is 114 Å². The van der Waals surface area contributed by atoms with Crippen molar-refractivity contribution in [2.45, 2.75) is 153 Å². The molecule has 12 aliphatic rings. The van der Waals surface area contributed by atoms with Gasteiger partial charge in [-0.05, 0) is 176 Å². The molecule has 2 aliphatic heterocycles. The third-order valence-electron chi connectivity index (χ3n) is 22.1. The highest BCUT2D eigenvalue weighted by molar-refractivity contribution is 5.94. The van der Waals surface area contributed by atoms with Gasteiger partial charge in [0.25, 0.3) is 0 Å². The summed E-state index contributed by atoms with van der Waals surface area (Å²) in [5.74, 6) is -2.43. The lowest BCUT2D eigenvalue weighted by Crippen LogP contribution is -2.72. The molecule has 14 nitrogen and oxygen atoms in total. The first kappa shape index (κ1) is 57.5. The van der Waals surface area contributed by atoms with Crippen molar-refractivity contribution in [2.24, 2.45) is 81.3 Å². The summed E-state index contributed by atoms with van der Waals surface area (Å²) in [7, 11) is 1.42. The number of carbonyl (C=O) groups excluding carboxylic acids is 2. The Hall–Kier alpha value is -4.90. The zero-order valence-electron chi connectivity index (χ0n) is 48.5. The van der Waals surface area contributed by atoms with Crippen LogP contribution >= 0.6 is 0 Å². The topological polar surface area (TPSA) is 225 Å². The van der Waals surface area contributed by atoms with Gasteiger partial charge < -0.3 is 60.0 Å². The number of benzene rings is 2. The number of nitrogens with one attached hydrogen (secondary N) is 1. The number of rotatable bonds is 18. The maximum atomic E-state index is 15.3. The Bertz CT molecular complexity index is 2980. The highest BCUT2D eigenvalue weighted by Crippen LogP contribution is 2.80. The zero-order chi connectivity index (χ0) is 57.8. The smallest absolute Gasteiger partial charge is 0.334 e. The number of fused-ring (bicyclic) bond motifs is 4. The molecule has 0 radical (unpaired) electrons. The lowest BCUT2D eigenvalue weighted by atomic mass is 9.28. The van der Waals surface area contributed by atoms with Gasteiger partial charge in [-0.15, -0.1) is 0 Å². The molecule has 10 bridgehead atoms. The number of esters is 2. The Labute approximate surface area is 483 Å². The molecule has 3 saturated carbocycles. The van der Waals surface area contributed by atoms with Crippen molar-refractivity contribution in [2.75, 3.05) is 26.9 Å². The molecule has 0 aromatic heterocycles. The summed E-state index contributed by atoms with van der Waals surface area (Å²) < 4.78 is 24.7. The third-order valence-corrected chi connectivity index (χ3v) is 22.1. The van der Waals surface area contributed by atoms with Crippen LogP contribution in [-0.2, 0) is 36.6 Å². The number of phenolic OH excluding ortho intramolecular Hbond substituents is 1. The van der Waals surface area contributed by atoms with E-state index in [9.17, 15) is 35.7 Å². The maximum Gasteiger partial charge on any atom is 0.334 e. The number of aromatic hydroxyl groups is 1. The number of carbonyl (C=O) groups is 2. The van der Waals surface area contributed by atoms with Crippen molar-refractivity contribution in [3.05, 3.63) is 124 Å². The first-order valence-electron chi connectivity index (χ1n) is 30.7. The summed E-state index contributed by atoms with van der Waals surface area (Å²) >= 11 is 0. The minimum atomic E-state index is -2.39. The molecule has 22 unspecified atom stereocenters. The van der Waals surface area contributed by atoms with E-state index in [4.69, 9.17) is 18.9 Å². The van der Waals surface area contributed by atoms with E-state index >= 15 is 9.59 Å². The standard InChI is InChI=1S/C68H87NO13/c1-36(2)25-45-31-52-39(5)47-16-21-66(52)35-65-20-15-42(32-65)26-37(3)57(65)48-17-22-67(66,58(45)59(48)75)51(47)12-14-56(74)80-62-60(76)61-53(69-33-38(4)72)18-23-68(78,82-61)63(62)81-64(77)46(27-41-8-13-54(73)55(29-41)79-6)30-50-44(34-71)11-10-43-9-7-40(19-24-70)28-49(43)50/h7-9,13,15-18,20-23,27-29,31,36-39,42,44,47-48,50-53,57-63,69-73,75-76,78H,10-12,14,19,24-26,30,32-35H2,1-6H3. The summed E-state index contributed by atoms with van der Waals surface area (Å²) in [6, 6.07) is 9.96. The molecule has 82 heavy (non-hydrogen) atoms. The van der Waals surface area contributed by atoms with Gasteiger partial charge in [0, 0.05) is 54.4 Å². The molecule has 14 rings (SSSR count). The highest BCUT2D eigenvalue weighted by atomic mass is 16.7. The van der Waals surface area contributed by atoms with Crippen LogP contribution in [0, 0.1) is 81.3 Å². The maximum absolute atomic E-state index is 15.3. The van der Waals surface area contributed by atoms with E-state index in [1.807, 2.05) is 18.2 Å². The van der Waals surface area contributed by atoms with E-state index in [-0.39, 0.29) is 102 Å². The number of phenols is 1. The first-order valence-corrected chi connectivity index (χ1v) is 30.7. The number of ether oxygens (including phenoxy) is 4. The molecule has 3 spiro atoms. The number of hydrogen-bond donors (Lipinski definition) is 8. The van der Waals surface area contributed by atoms with Gasteiger partial charge in [0.05, 0.1) is 25.4 Å². The fraction of sp³-hybridized carbons (Fsp3) is 0.618. The fourth-order valence-electron chi connectivity index (χ4n) is 19.1. The molecule has 2 heterocycles. The minimum Gasteiger partial charge on any atom is -0.504 e. The van der Waals surface area contributed by atoms with Gasteiger partial charge in [-0.2, -0.15) is 0 Å². The van der Waals surface area contributed by atoms with E-state index < -0.39 is 71.7 Å². The first-order chi connectivity index (χ1) is 39.3. The van der Waals surface area contributed by atoms with Crippen LogP contribution in [0.2, 0.25) is 0 Å². The Morgan fingerprint density at radius 1 is 0.951 bits per heavy atom. The Morgan fingerprint density at radius 2 is 1.76 bits per heavy atom. The largest absolute Gasteiger partial charge is 0.504 e. The number of aryl methyl sites for hydroxylation is 1. The fourth-order valence-corrected chi connectivity index (χ4v) is 19.1. The van der Waals surface area contributed by atoms with Crippen LogP contribution < -0.4 is 10.1 Å². The molecule has 4 fully saturated rings. The summed E-state index contributed by atoms with van der Waals surface area (Å²) in [6.07, 6.45) is 20.8. The van der Waals surface area contributed by atoms with Crippen LogP contribution in [0.5, 0.6) is 11.5 Å². The van der Waals surface area contributed by atoms with Gasteiger partial charge in [0.15, 0.2) is 23.7 Å². The second-order valence-corrected chi connectivity index (χ2v) is 27.3. The lowest BCUT2D eigenvalue weighted by molar-refractivity contribution is -0.333. The average molecular weight is 1130 g/mol. The second kappa shape index (κ2) is 21.9. The number of allylic oxidation sites excluding steroid dienone is 6. The SMILES string of the molecule is COc1cc(C=C(CC2c3cc(CCO)ccc3CCC2CO)C(=O)OC2C(OC(=O)CCC3C4C=CC56CC78C=CC(CC(C)C7C7C=CC35C(C(CC(C)C)=CC6C4C)C7O)C8)C(O)C3OC2(O)C=CC3NCC(C)O)ccc1O. The summed E-state index contributed by atoms with van der Waals surface area (Å²) in [5, 5.41) is 83.3. The molecule has 0 amide bonds. The lowest BCUT2D eigenvalue weighted by Gasteiger charge is -2.75. The van der Waals surface area contributed by atoms with Crippen LogP contribution in [0.3, 0.4) is 0 Å². The van der Waals surface area contributed by atoms with E-state index in [1.54, 1.807) is 31.2 Å². The van der Waals surface area contributed by atoms with E-state index in [0.717, 1.165) is 42.4 Å². The Morgan fingerprint density at radius 3 is 2.51 bits per heavy atom. The van der Waals surface area contributed by atoms with Gasteiger partial charge >= 0.3 is 11.9 Å². The monoisotopic (exact) mass is 1130 g/mol. The van der Waals surface area contributed by atoms with Gasteiger partial charge in [-0.3, -0.25) is 4.79 Å².